The lowest BCUT2D eigenvalue weighted by molar-refractivity contribution is 0.0731. The summed E-state index contributed by atoms with van der Waals surface area (Å²) in [5, 5.41) is 7.75. The van der Waals surface area contributed by atoms with Gasteiger partial charge in [0.25, 0.3) is 0 Å². The van der Waals surface area contributed by atoms with Crippen LogP contribution in [0.1, 0.15) is 18.9 Å². The van der Waals surface area contributed by atoms with Crippen molar-refractivity contribution in [3.05, 3.63) is 28.8 Å². The quantitative estimate of drug-likeness (QED) is 0.881. The van der Waals surface area contributed by atoms with Gasteiger partial charge in [-0.3, -0.25) is 0 Å². The molecular formula is C14H21ClN2O. The molecule has 3 nitrogen and oxygen atoms in total. The van der Waals surface area contributed by atoms with Crippen LogP contribution in [0, 0.1) is 6.92 Å². The molecule has 1 aromatic carbocycles. The minimum atomic E-state index is 0.364. The van der Waals surface area contributed by atoms with Gasteiger partial charge in [-0.15, -0.1) is 0 Å². The van der Waals surface area contributed by atoms with Gasteiger partial charge in [0, 0.05) is 18.6 Å². The highest BCUT2D eigenvalue weighted by molar-refractivity contribution is 6.33. The maximum Gasteiger partial charge on any atom is 0.0640 e. The van der Waals surface area contributed by atoms with Crippen LogP contribution in [-0.4, -0.2) is 31.8 Å². The topological polar surface area (TPSA) is 33.3 Å². The lowest BCUT2D eigenvalue weighted by atomic mass is 10.1. The molecule has 0 radical (unpaired) electrons. The van der Waals surface area contributed by atoms with Gasteiger partial charge in [-0.1, -0.05) is 23.7 Å². The van der Waals surface area contributed by atoms with E-state index in [0.717, 1.165) is 36.9 Å². The van der Waals surface area contributed by atoms with Crippen LogP contribution in [-0.2, 0) is 4.74 Å². The van der Waals surface area contributed by atoms with Crippen LogP contribution in [0.5, 0.6) is 0 Å². The van der Waals surface area contributed by atoms with E-state index in [2.05, 4.69) is 30.5 Å². The van der Waals surface area contributed by atoms with Crippen molar-refractivity contribution in [2.24, 2.45) is 0 Å². The van der Waals surface area contributed by atoms with E-state index >= 15 is 0 Å². The average Bonchev–Trinajstić information content (AvgIpc) is 2.35. The summed E-state index contributed by atoms with van der Waals surface area (Å²) in [6.45, 7) is 6.82. The number of ether oxygens (including phenoxy) is 1. The molecule has 100 valence electrons. The number of halogens is 1. The highest BCUT2D eigenvalue weighted by Gasteiger charge is 2.17. The standard InChI is InChI=1S/C14H21ClN2O/c1-10-4-3-5-13(15)14(10)17-11(2)8-12-9-18-7-6-16-12/h3-5,11-12,16-17H,6-9H2,1-2H3. The van der Waals surface area contributed by atoms with E-state index in [1.165, 1.54) is 5.56 Å². The zero-order valence-electron chi connectivity index (χ0n) is 11.0. The number of nitrogens with one attached hydrogen (secondary N) is 2. The summed E-state index contributed by atoms with van der Waals surface area (Å²) in [5.74, 6) is 0. The molecule has 2 N–H and O–H groups in total. The molecule has 1 aliphatic heterocycles. The van der Waals surface area contributed by atoms with Gasteiger partial charge < -0.3 is 15.4 Å². The van der Waals surface area contributed by atoms with Crippen molar-refractivity contribution in [3.8, 4) is 0 Å². The average molecular weight is 269 g/mol. The van der Waals surface area contributed by atoms with Gasteiger partial charge in [0.1, 0.15) is 0 Å². The molecule has 0 bridgehead atoms. The molecule has 1 aromatic rings. The first-order chi connectivity index (χ1) is 8.66. The second-order valence-electron chi connectivity index (χ2n) is 4.94. The molecule has 0 aromatic heterocycles. The third kappa shape index (κ3) is 3.61. The third-order valence-electron chi connectivity index (χ3n) is 3.25. The molecule has 1 heterocycles. The Morgan fingerprint density at radius 2 is 2.39 bits per heavy atom. The fourth-order valence-electron chi connectivity index (χ4n) is 2.32. The molecule has 0 aliphatic carbocycles. The fourth-order valence-corrected chi connectivity index (χ4v) is 2.59. The first-order valence-electron chi connectivity index (χ1n) is 6.49. The van der Waals surface area contributed by atoms with Gasteiger partial charge in [-0.2, -0.15) is 0 Å². The summed E-state index contributed by atoms with van der Waals surface area (Å²) in [7, 11) is 0. The van der Waals surface area contributed by atoms with Crippen LogP contribution < -0.4 is 10.6 Å². The summed E-state index contributed by atoms with van der Waals surface area (Å²) in [6, 6.07) is 6.77. The lowest BCUT2D eigenvalue weighted by Gasteiger charge is -2.27. The number of rotatable bonds is 4. The Kier molecular flexibility index (Phi) is 4.87. The SMILES string of the molecule is Cc1cccc(Cl)c1NC(C)CC1COCCN1. The van der Waals surface area contributed by atoms with Crippen LogP contribution >= 0.6 is 11.6 Å². The second kappa shape index (κ2) is 6.41. The molecule has 0 saturated carbocycles. The normalized spacial score (nSPS) is 21.6. The molecule has 0 spiro atoms. The molecule has 2 rings (SSSR count). The number of aryl methyl sites for hydroxylation is 1. The third-order valence-corrected chi connectivity index (χ3v) is 3.56. The van der Waals surface area contributed by atoms with Gasteiger partial charge in [0.15, 0.2) is 0 Å². The summed E-state index contributed by atoms with van der Waals surface area (Å²) >= 11 is 6.21. The number of para-hydroxylation sites is 1. The number of morpholine rings is 1. The van der Waals surface area contributed by atoms with E-state index in [-0.39, 0.29) is 0 Å². The maximum absolute atomic E-state index is 6.21. The Morgan fingerprint density at radius 3 is 3.06 bits per heavy atom. The lowest BCUT2D eigenvalue weighted by Crippen LogP contribution is -2.43. The van der Waals surface area contributed by atoms with Gasteiger partial charge in [-0.05, 0) is 31.9 Å². The van der Waals surface area contributed by atoms with Crippen molar-refractivity contribution in [3.63, 3.8) is 0 Å². The van der Waals surface area contributed by atoms with Crippen LogP contribution in [0.15, 0.2) is 18.2 Å². The molecule has 0 amide bonds. The summed E-state index contributed by atoms with van der Waals surface area (Å²) in [5.41, 5.74) is 2.23. The van der Waals surface area contributed by atoms with Gasteiger partial charge in [0.05, 0.1) is 23.9 Å². The summed E-state index contributed by atoms with van der Waals surface area (Å²) in [4.78, 5) is 0. The monoisotopic (exact) mass is 268 g/mol. The van der Waals surface area contributed by atoms with Crippen molar-refractivity contribution in [2.45, 2.75) is 32.4 Å². The van der Waals surface area contributed by atoms with Crippen molar-refractivity contribution in [1.29, 1.82) is 0 Å². The minimum absolute atomic E-state index is 0.364. The van der Waals surface area contributed by atoms with E-state index in [1.54, 1.807) is 0 Å². The molecule has 2 atom stereocenters. The number of anilines is 1. The van der Waals surface area contributed by atoms with E-state index in [9.17, 15) is 0 Å². The second-order valence-corrected chi connectivity index (χ2v) is 5.35. The largest absolute Gasteiger partial charge is 0.381 e. The van der Waals surface area contributed by atoms with E-state index < -0.39 is 0 Å². The molecule has 4 heteroatoms. The first kappa shape index (κ1) is 13.7. The number of hydrogen-bond donors (Lipinski definition) is 2. The maximum atomic E-state index is 6.21. The zero-order valence-corrected chi connectivity index (χ0v) is 11.8. The van der Waals surface area contributed by atoms with E-state index in [1.807, 2.05) is 12.1 Å². The number of hydrogen-bond acceptors (Lipinski definition) is 3. The fraction of sp³-hybridized carbons (Fsp3) is 0.571. The Balaban J connectivity index is 1.92. The van der Waals surface area contributed by atoms with Gasteiger partial charge in [0.2, 0.25) is 0 Å². The molecule has 1 fully saturated rings. The van der Waals surface area contributed by atoms with Crippen molar-refractivity contribution >= 4 is 17.3 Å². The highest BCUT2D eigenvalue weighted by Crippen LogP contribution is 2.26. The smallest absolute Gasteiger partial charge is 0.0640 e. The molecular weight excluding hydrogens is 248 g/mol. The Labute approximate surface area is 114 Å². The Hall–Kier alpha value is -0.770. The molecule has 1 saturated heterocycles. The van der Waals surface area contributed by atoms with Crippen LogP contribution in [0.3, 0.4) is 0 Å². The predicted molar refractivity (Wildman–Crippen MR) is 76.5 cm³/mol. The summed E-state index contributed by atoms with van der Waals surface area (Å²) in [6.07, 6.45) is 1.03. The number of benzene rings is 1. The Bertz CT molecular complexity index is 371. The van der Waals surface area contributed by atoms with E-state index in [0.29, 0.717) is 12.1 Å². The van der Waals surface area contributed by atoms with Crippen LogP contribution in [0.4, 0.5) is 5.69 Å². The van der Waals surface area contributed by atoms with Gasteiger partial charge >= 0.3 is 0 Å². The van der Waals surface area contributed by atoms with Crippen molar-refractivity contribution in [2.75, 3.05) is 25.1 Å². The minimum Gasteiger partial charge on any atom is -0.381 e. The molecule has 2 unspecified atom stereocenters. The van der Waals surface area contributed by atoms with Crippen molar-refractivity contribution in [1.82, 2.24) is 5.32 Å². The Morgan fingerprint density at radius 1 is 1.56 bits per heavy atom. The van der Waals surface area contributed by atoms with Gasteiger partial charge in [-0.25, -0.2) is 0 Å². The molecule has 1 aliphatic rings. The predicted octanol–water partition coefficient (Wildman–Crippen LogP) is 2.83. The van der Waals surface area contributed by atoms with E-state index in [4.69, 9.17) is 16.3 Å². The van der Waals surface area contributed by atoms with Crippen LogP contribution in [0.25, 0.3) is 0 Å². The van der Waals surface area contributed by atoms with Crippen LogP contribution in [0.2, 0.25) is 5.02 Å². The molecule has 18 heavy (non-hydrogen) atoms. The zero-order chi connectivity index (χ0) is 13.0. The first-order valence-corrected chi connectivity index (χ1v) is 6.87. The van der Waals surface area contributed by atoms with Crippen molar-refractivity contribution < 1.29 is 4.74 Å². The summed E-state index contributed by atoms with van der Waals surface area (Å²) < 4.78 is 5.46. The highest BCUT2D eigenvalue weighted by atomic mass is 35.5.